The van der Waals surface area contributed by atoms with Crippen LogP contribution in [0.2, 0.25) is 0 Å². The van der Waals surface area contributed by atoms with Crippen LogP contribution in [0.3, 0.4) is 0 Å². The summed E-state index contributed by atoms with van der Waals surface area (Å²) < 4.78 is 33.4. The van der Waals surface area contributed by atoms with E-state index in [0.29, 0.717) is 28.3 Å². The van der Waals surface area contributed by atoms with Crippen molar-refractivity contribution in [3.8, 4) is 22.9 Å². The van der Waals surface area contributed by atoms with Crippen LogP contribution in [-0.4, -0.2) is 34.3 Å². The molecule has 0 N–H and O–H groups in total. The van der Waals surface area contributed by atoms with E-state index in [1.165, 1.54) is 12.1 Å². The van der Waals surface area contributed by atoms with Crippen LogP contribution in [-0.2, 0) is 4.74 Å². The van der Waals surface area contributed by atoms with Gasteiger partial charge in [0.25, 0.3) is 0 Å². The van der Waals surface area contributed by atoms with Crippen molar-refractivity contribution in [2.45, 2.75) is 27.7 Å². The van der Waals surface area contributed by atoms with Gasteiger partial charge < -0.3 is 23.3 Å². The highest BCUT2D eigenvalue weighted by molar-refractivity contribution is 6.01. The smallest absolute Gasteiger partial charge is 0.340 e. The molecule has 3 heterocycles. The van der Waals surface area contributed by atoms with Crippen molar-refractivity contribution in [2.24, 2.45) is 0 Å². The molecule has 36 heavy (non-hydrogen) atoms. The Balaban J connectivity index is 1.33. The number of benzene rings is 2. The number of halogens is 1. The molecule has 2 aromatic heterocycles. The quantitative estimate of drug-likeness (QED) is 0.268. The molecular weight excluding hydrogens is 463 g/mol. The van der Waals surface area contributed by atoms with Gasteiger partial charge >= 0.3 is 5.97 Å². The van der Waals surface area contributed by atoms with Crippen molar-refractivity contribution in [3.63, 3.8) is 0 Å². The highest BCUT2D eigenvalue weighted by Crippen LogP contribution is 2.35. The average Bonchev–Trinajstić information content (AvgIpc) is 3.53. The first-order valence-corrected chi connectivity index (χ1v) is 11.5. The molecule has 0 saturated carbocycles. The number of nitrogens with zero attached hydrogens (tertiary/aromatic N) is 2. The van der Waals surface area contributed by atoms with E-state index in [-0.39, 0.29) is 25.0 Å². The first kappa shape index (κ1) is 23.4. The van der Waals surface area contributed by atoms with Gasteiger partial charge in [-0.15, -0.1) is 0 Å². The molecule has 0 unspecified atom stereocenters. The minimum Gasteiger partial charge on any atom is -0.454 e. The Morgan fingerprint density at radius 3 is 2.11 bits per heavy atom. The largest absolute Gasteiger partial charge is 0.454 e. The fourth-order valence-corrected chi connectivity index (χ4v) is 4.71. The van der Waals surface area contributed by atoms with Crippen molar-refractivity contribution in [1.82, 2.24) is 9.13 Å². The molecule has 0 aliphatic carbocycles. The van der Waals surface area contributed by atoms with Gasteiger partial charge in [-0.25, -0.2) is 9.18 Å². The lowest BCUT2D eigenvalue weighted by Crippen LogP contribution is -2.15. The van der Waals surface area contributed by atoms with E-state index in [0.717, 1.165) is 28.5 Å². The molecule has 8 heteroatoms. The van der Waals surface area contributed by atoms with Crippen LogP contribution < -0.4 is 9.47 Å². The number of esters is 1. The Bertz CT molecular complexity index is 1500. The van der Waals surface area contributed by atoms with E-state index < -0.39 is 5.97 Å². The second kappa shape index (κ2) is 9.03. The summed E-state index contributed by atoms with van der Waals surface area (Å²) in [6.45, 7) is 7.19. The van der Waals surface area contributed by atoms with E-state index in [9.17, 15) is 14.0 Å². The second-order valence-electron chi connectivity index (χ2n) is 8.75. The van der Waals surface area contributed by atoms with Crippen LogP contribution in [0.5, 0.6) is 11.5 Å². The maximum atomic E-state index is 13.3. The zero-order chi connectivity index (χ0) is 25.6. The van der Waals surface area contributed by atoms with Crippen LogP contribution in [0.1, 0.15) is 43.5 Å². The molecule has 1 aliphatic rings. The van der Waals surface area contributed by atoms with Crippen molar-refractivity contribution < 1.29 is 28.2 Å². The van der Waals surface area contributed by atoms with Crippen molar-refractivity contribution in [2.75, 3.05) is 13.4 Å². The maximum Gasteiger partial charge on any atom is 0.340 e. The van der Waals surface area contributed by atoms with Gasteiger partial charge in [0.15, 0.2) is 18.1 Å². The molecule has 7 nitrogen and oxygen atoms in total. The molecule has 2 aromatic carbocycles. The summed E-state index contributed by atoms with van der Waals surface area (Å²) in [5.74, 6) is 0.116. The number of Topliss-reactive ketones (excluding diaryl/α,β-unsaturated/α-hetero) is 1. The minimum absolute atomic E-state index is 0.184. The van der Waals surface area contributed by atoms with E-state index >= 15 is 0 Å². The number of ketones is 1. The normalized spacial score (nSPS) is 12.1. The highest BCUT2D eigenvalue weighted by Gasteiger charge is 2.22. The Labute approximate surface area is 207 Å². The van der Waals surface area contributed by atoms with Gasteiger partial charge in [0.2, 0.25) is 12.6 Å². The number of hydrogen-bond acceptors (Lipinski definition) is 5. The number of fused-ring (bicyclic) bond motifs is 1. The van der Waals surface area contributed by atoms with Crippen molar-refractivity contribution in [1.29, 1.82) is 0 Å². The molecule has 5 rings (SSSR count). The topological polar surface area (TPSA) is 71.7 Å². The second-order valence-corrected chi connectivity index (χ2v) is 8.75. The lowest BCUT2D eigenvalue weighted by molar-refractivity contribution is 0.0474. The number of carbonyl (C=O) groups is 2. The van der Waals surface area contributed by atoms with E-state index in [1.54, 1.807) is 31.2 Å². The van der Waals surface area contributed by atoms with E-state index in [1.807, 2.05) is 48.1 Å². The van der Waals surface area contributed by atoms with Gasteiger partial charge in [0, 0.05) is 45.8 Å². The summed E-state index contributed by atoms with van der Waals surface area (Å²) in [5, 5.41) is 0. The summed E-state index contributed by atoms with van der Waals surface area (Å²) in [4.78, 5) is 25.9. The van der Waals surface area contributed by atoms with Gasteiger partial charge in [-0.2, -0.15) is 0 Å². The Morgan fingerprint density at radius 1 is 0.806 bits per heavy atom. The van der Waals surface area contributed by atoms with E-state index in [4.69, 9.17) is 14.2 Å². The SMILES string of the molecule is Cc1cc(C(=O)COC(=O)c2cc(C)n(-c3ccc(F)cc3)c2C)c(C)n1-c1ccc2c(c1)OCO2. The van der Waals surface area contributed by atoms with Crippen LogP contribution >= 0.6 is 0 Å². The molecule has 0 amide bonds. The molecule has 0 fully saturated rings. The van der Waals surface area contributed by atoms with Gasteiger partial charge in [0.1, 0.15) is 5.82 Å². The molecule has 1 aliphatic heterocycles. The predicted octanol–water partition coefficient (Wildman–Crippen LogP) is 5.41. The molecule has 0 bridgehead atoms. The van der Waals surface area contributed by atoms with Gasteiger partial charge in [0.05, 0.1) is 5.56 Å². The van der Waals surface area contributed by atoms with Crippen molar-refractivity contribution >= 4 is 11.8 Å². The predicted molar refractivity (Wildman–Crippen MR) is 131 cm³/mol. The van der Waals surface area contributed by atoms with Gasteiger partial charge in [-0.1, -0.05) is 0 Å². The third-order valence-electron chi connectivity index (χ3n) is 6.42. The zero-order valence-corrected chi connectivity index (χ0v) is 20.4. The summed E-state index contributed by atoms with van der Waals surface area (Å²) in [6.07, 6.45) is 0. The van der Waals surface area contributed by atoms with Gasteiger partial charge in [-0.05, 0) is 76.2 Å². The van der Waals surface area contributed by atoms with Crippen molar-refractivity contribution in [3.05, 3.63) is 94.3 Å². The maximum absolute atomic E-state index is 13.3. The highest BCUT2D eigenvalue weighted by atomic mass is 19.1. The van der Waals surface area contributed by atoms with E-state index in [2.05, 4.69) is 0 Å². The number of ether oxygens (including phenoxy) is 3. The summed E-state index contributed by atoms with van der Waals surface area (Å²) in [7, 11) is 0. The molecule has 184 valence electrons. The molecule has 4 aromatic rings. The van der Waals surface area contributed by atoms with Crippen LogP contribution in [0.25, 0.3) is 11.4 Å². The summed E-state index contributed by atoms with van der Waals surface area (Å²) >= 11 is 0. The first-order valence-electron chi connectivity index (χ1n) is 11.5. The standard InChI is InChI=1S/C28H25FN2O5/c1-16-11-23(18(3)31(16)22-9-10-26-27(13-22)36-15-35-26)25(32)14-34-28(33)24-12-17(2)30(19(24)4)21-7-5-20(29)6-8-21/h5-13H,14-15H2,1-4H3. The molecule has 0 spiro atoms. The van der Waals surface area contributed by atoms with Crippen LogP contribution in [0.15, 0.2) is 54.6 Å². The minimum atomic E-state index is -0.589. The monoisotopic (exact) mass is 488 g/mol. The fraction of sp³-hybridized carbons (Fsp3) is 0.214. The number of aryl methyl sites for hydroxylation is 2. The Kier molecular flexibility index (Phi) is 5.88. The number of hydrogen-bond donors (Lipinski definition) is 0. The lowest BCUT2D eigenvalue weighted by atomic mass is 10.1. The molecular formula is C28H25FN2O5. The molecule has 0 atom stereocenters. The zero-order valence-electron chi connectivity index (χ0n) is 20.4. The van der Waals surface area contributed by atoms with Crippen LogP contribution in [0, 0.1) is 33.5 Å². The number of carbonyl (C=O) groups excluding carboxylic acids is 2. The fourth-order valence-electron chi connectivity index (χ4n) is 4.71. The Hall–Kier alpha value is -4.33. The first-order chi connectivity index (χ1) is 17.2. The third kappa shape index (κ3) is 4.04. The summed E-state index contributed by atoms with van der Waals surface area (Å²) in [5.41, 5.74) is 5.47. The molecule has 0 radical (unpaired) electrons. The Morgan fingerprint density at radius 2 is 1.39 bits per heavy atom. The number of aromatic nitrogens is 2. The molecule has 0 saturated heterocycles. The average molecular weight is 489 g/mol. The van der Waals surface area contributed by atoms with Crippen LogP contribution in [0.4, 0.5) is 4.39 Å². The third-order valence-corrected chi connectivity index (χ3v) is 6.42. The summed E-state index contributed by atoms with van der Waals surface area (Å²) in [6, 6.07) is 15.1. The van der Waals surface area contributed by atoms with Gasteiger partial charge in [-0.3, -0.25) is 4.79 Å². The number of rotatable bonds is 6. The lowest BCUT2D eigenvalue weighted by Gasteiger charge is -2.11.